The van der Waals surface area contributed by atoms with E-state index in [1.54, 1.807) is 0 Å². The lowest BCUT2D eigenvalue weighted by Gasteiger charge is -2.33. The van der Waals surface area contributed by atoms with Crippen LogP contribution in [0.25, 0.3) is 0 Å². The number of nitrogens with zero attached hydrogens (tertiary/aromatic N) is 1. The number of carbonyl (C=O) groups is 1. The van der Waals surface area contributed by atoms with Gasteiger partial charge in [-0.2, -0.15) is 0 Å². The van der Waals surface area contributed by atoms with E-state index in [1.807, 2.05) is 0 Å². The summed E-state index contributed by atoms with van der Waals surface area (Å²) in [4.78, 5) is 14.9. The molecule has 0 aromatic carbocycles. The lowest BCUT2D eigenvalue weighted by Crippen LogP contribution is -2.50. The van der Waals surface area contributed by atoms with Gasteiger partial charge in [-0.05, 0) is 64.6 Å². The van der Waals surface area contributed by atoms with Crippen LogP contribution in [0, 0.1) is 5.92 Å². The molecule has 0 aromatic rings. The number of hydrogen-bond donors (Lipinski definition) is 2. The highest BCUT2D eigenvalue weighted by Gasteiger charge is 2.26. The SMILES string of the molecule is CCCN(CC1CCNCC1)C(C)C(=O)NC1CCCC1. The van der Waals surface area contributed by atoms with Crippen LogP contribution in [0.2, 0.25) is 0 Å². The molecule has 2 N–H and O–H groups in total. The molecule has 0 bridgehead atoms. The maximum absolute atomic E-state index is 12.5. The van der Waals surface area contributed by atoms with Crippen molar-refractivity contribution in [2.75, 3.05) is 26.2 Å². The van der Waals surface area contributed by atoms with E-state index in [2.05, 4.69) is 29.4 Å². The molecule has 1 aliphatic heterocycles. The van der Waals surface area contributed by atoms with E-state index in [0.29, 0.717) is 6.04 Å². The predicted octanol–water partition coefficient (Wildman–Crippen LogP) is 2.15. The van der Waals surface area contributed by atoms with Gasteiger partial charge in [0.1, 0.15) is 0 Å². The first-order valence-corrected chi connectivity index (χ1v) is 8.95. The average Bonchev–Trinajstić information content (AvgIpc) is 3.00. The second-order valence-electron chi connectivity index (χ2n) is 6.85. The van der Waals surface area contributed by atoms with Gasteiger partial charge in [-0.1, -0.05) is 19.8 Å². The molecule has 2 rings (SSSR count). The van der Waals surface area contributed by atoms with E-state index in [0.717, 1.165) is 38.5 Å². The Bertz CT molecular complexity index is 309. The Balaban J connectivity index is 1.83. The minimum Gasteiger partial charge on any atom is -0.352 e. The summed E-state index contributed by atoms with van der Waals surface area (Å²) in [5.41, 5.74) is 0. The minimum absolute atomic E-state index is 0.0143. The molecule has 122 valence electrons. The van der Waals surface area contributed by atoms with Crippen LogP contribution in [0.15, 0.2) is 0 Å². The highest BCUT2D eigenvalue weighted by atomic mass is 16.2. The molecule has 1 aliphatic carbocycles. The summed E-state index contributed by atoms with van der Waals surface area (Å²) in [5, 5.41) is 6.68. The molecule has 1 heterocycles. The van der Waals surface area contributed by atoms with Crippen molar-refractivity contribution in [3.8, 4) is 0 Å². The zero-order valence-corrected chi connectivity index (χ0v) is 13.9. The van der Waals surface area contributed by atoms with E-state index in [-0.39, 0.29) is 11.9 Å². The minimum atomic E-state index is 0.0143. The molecule has 0 aromatic heterocycles. The molecule has 2 aliphatic rings. The molecule has 1 atom stereocenters. The Morgan fingerprint density at radius 2 is 1.90 bits per heavy atom. The van der Waals surface area contributed by atoms with Crippen molar-refractivity contribution in [2.45, 2.75) is 70.9 Å². The fourth-order valence-electron chi connectivity index (χ4n) is 3.68. The summed E-state index contributed by atoms with van der Waals surface area (Å²) in [6, 6.07) is 0.447. The van der Waals surface area contributed by atoms with Crippen molar-refractivity contribution in [3.63, 3.8) is 0 Å². The van der Waals surface area contributed by atoms with E-state index in [9.17, 15) is 4.79 Å². The van der Waals surface area contributed by atoms with Crippen LogP contribution in [0.5, 0.6) is 0 Å². The Morgan fingerprint density at radius 3 is 2.52 bits per heavy atom. The summed E-state index contributed by atoms with van der Waals surface area (Å²) >= 11 is 0. The Hall–Kier alpha value is -0.610. The molecule has 4 nitrogen and oxygen atoms in total. The van der Waals surface area contributed by atoms with Crippen LogP contribution in [-0.2, 0) is 4.79 Å². The van der Waals surface area contributed by atoms with Crippen LogP contribution in [0.3, 0.4) is 0 Å². The van der Waals surface area contributed by atoms with Crippen molar-refractivity contribution >= 4 is 5.91 Å². The summed E-state index contributed by atoms with van der Waals surface area (Å²) < 4.78 is 0. The maximum Gasteiger partial charge on any atom is 0.237 e. The van der Waals surface area contributed by atoms with Gasteiger partial charge in [0.25, 0.3) is 0 Å². The Labute approximate surface area is 130 Å². The Morgan fingerprint density at radius 1 is 1.24 bits per heavy atom. The molecule has 0 radical (unpaired) electrons. The first kappa shape index (κ1) is 16.8. The molecule has 1 saturated heterocycles. The zero-order chi connectivity index (χ0) is 15.1. The third-order valence-electron chi connectivity index (χ3n) is 5.09. The van der Waals surface area contributed by atoms with Crippen LogP contribution in [-0.4, -0.2) is 49.1 Å². The molecule has 4 heteroatoms. The molecule has 0 spiro atoms. The van der Waals surface area contributed by atoms with Crippen molar-refractivity contribution in [1.29, 1.82) is 0 Å². The number of hydrogen-bond acceptors (Lipinski definition) is 3. The third kappa shape index (κ3) is 5.26. The molecular formula is C17H33N3O. The first-order chi connectivity index (χ1) is 10.2. The lowest BCUT2D eigenvalue weighted by atomic mass is 9.96. The number of carbonyl (C=O) groups excluding carboxylic acids is 1. The normalized spacial score (nSPS) is 22.6. The van der Waals surface area contributed by atoms with Gasteiger partial charge in [-0.25, -0.2) is 0 Å². The quantitative estimate of drug-likeness (QED) is 0.756. The van der Waals surface area contributed by atoms with Crippen molar-refractivity contribution in [3.05, 3.63) is 0 Å². The summed E-state index contributed by atoms with van der Waals surface area (Å²) in [5.74, 6) is 0.990. The van der Waals surface area contributed by atoms with Gasteiger partial charge in [0, 0.05) is 12.6 Å². The van der Waals surface area contributed by atoms with E-state index in [1.165, 1.54) is 38.5 Å². The predicted molar refractivity (Wildman–Crippen MR) is 87.3 cm³/mol. The monoisotopic (exact) mass is 295 g/mol. The Kier molecular flexibility index (Phi) is 6.97. The van der Waals surface area contributed by atoms with Gasteiger partial charge < -0.3 is 10.6 Å². The number of amides is 1. The van der Waals surface area contributed by atoms with Crippen molar-refractivity contribution in [2.24, 2.45) is 5.92 Å². The van der Waals surface area contributed by atoms with Gasteiger partial charge >= 0.3 is 0 Å². The molecule has 2 fully saturated rings. The van der Waals surface area contributed by atoms with Crippen LogP contribution in [0.4, 0.5) is 0 Å². The zero-order valence-electron chi connectivity index (χ0n) is 13.9. The van der Waals surface area contributed by atoms with Gasteiger partial charge in [0.2, 0.25) is 5.91 Å². The molecule has 1 amide bonds. The van der Waals surface area contributed by atoms with E-state index >= 15 is 0 Å². The molecule has 1 saturated carbocycles. The maximum atomic E-state index is 12.5. The number of piperidine rings is 1. The lowest BCUT2D eigenvalue weighted by molar-refractivity contribution is -0.126. The topological polar surface area (TPSA) is 44.4 Å². The molecule has 1 unspecified atom stereocenters. The molecule has 21 heavy (non-hydrogen) atoms. The smallest absolute Gasteiger partial charge is 0.237 e. The number of rotatable bonds is 7. The summed E-state index contributed by atoms with van der Waals surface area (Å²) in [6.07, 6.45) is 8.49. The second kappa shape index (κ2) is 8.74. The summed E-state index contributed by atoms with van der Waals surface area (Å²) in [7, 11) is 0. The van der Waals surface area contributed by atoms with E-state index < -0.39 is 0 Å². The average molecular weight is 295 g/mol. The summed E-state index contributed by atoms with van der Waals surface area (Å²) in [6.45, 7) is 8.66. The van der Waals surface area contributed by atoms with Crippen LogP contribution in [0.1, 0.15) is 58.8 Å². The first-order valence-electron chi connectivity index (χ1n) is 8.95. The molecular weight excluding hydrogens is 262 g/mol. The largest absolute Gasteiger partial charge is 0.352 e. The van der Waals surface area contributed by atoms with E-state index in [4.69, 9.17) is 0 Å². The van der Waals surface area contributed by atoms with Gasteiger partial charge in [0.15, 0.2) is 0 Å². The van der Waals surface area contributed by atoms with Crippen LogP contribution < -0.4 is 10.6 Å². The van der Waals surface area contributed by atoms with Gasteiger partial charge in [-0.15, -0.1) is 0 Å². The van der Waals surface area contributed by atoms with Gasteiger partial charge in [-0.3, -0.25) is 9.69 Å². The van der Waals surface area contributed by atoms with Crippen molar-refractivity contribution in [1.82, 2.24) is 15.5 Å². The van der Waals surface area contributed by atoms with Crippen LogP contribution >= 0.6 is 0 Å². The fourth-order valence-corrected chi connectivity index (χ4v) is 3.68. The highest BCUT2D eigenvalue weighted by molar-refractivity contribution is 5.81. The second-order valence-corrected chi connectivity index (χ2v) is 6.85. The van der Waals surface area contributed by atoms with Gasteiger partial charge in [0.05, 0.1) is 6.04 Å². The highest BCUT2D eigenvalue weighted by Crippen LogP contribution is 2.19. The number of nitrogens with one attached hydrogen (secondary N) is 2. The van der Waals surface area contributed by atoms with Crippen molar-refractivity contribution < 1.29 is 4.79 Å². The fraction of sp³-hybridized carbons (Fsp3) is 0.941. The standard InChI is InChI=1S/C17H33N3O/c1-3-12-20(13-15-8-10-18-11-9-15)14(2)17(21)19-16-6-4-5-7-16/h14-16,18H,3-13H2,1-2H3,(H,19,21). The third-order valence-corrected chi connectivity index (χ3v) is 5.09.